The third-order valence-corrected chi connectivity index (χ3v) is 6.20. The maximum atomic E-state index is 14.6. The summed E-state index contributed by atoms with van der Waals surface area (Å²) in [5.41, 5.74) is 2.62. The molecule has 36 heavy (non-hydrogen) atoms. The molecule has 1 aliphatic heterocycles. The summed E-state index contributed by atoms with van der Waals surface area (Å²) < 4.78 is 14.6. The van der Waals surface area contributed by atoms with Gasteiger partial charge in [0.15, 0.2) is 5.82 Å². The van der Waals surface area contributed by atoms with Crippen LogP contribution in [-0.2, 0) is 11.3 Å². The molecule has 0 atom stereocenters. The summed E-state index contributed by atoms with van der Waals surface area (Å²) in [7, 11) is 1.46. The summed E-state index contributed by atoms with van der Waals surface area (Å²) in [4.78, 5) is 37.5. The fourth-order valence-electron chi connectivity index (χ4n) is 4.04. The SMILES string of the molecule is CCN1CC(=O)N(CC)c2cc(Nc3ncc(Cl)c(Nc4c(F)cccc4C(=O)NC)n3)ccc2C1. The van der Waals surface area contributed by atoms with Crippen LogP contribution < -0.4 is 20.9 Å². The number of nitrogens with one attached hydrogen (secondary N) is 3. The molecule has 2 heterocycles. The van der Waals surface area contributed by atoms with Crippen LogP contribution in [0.4, 0.5) is 33.2 Å². The van der Waals surface area contributed by atoms with E-state index in [9.17, 15) is 14.0 Å². The van der Waals surface area contributed by atoms with Crippen LogP contribution in [0.3, 0.4) is 0 Å². The van der Waals surface area contributed by atoms with Crippen molar-refractivity contribution in [3.05, 3.63) is 64.6 Å². The molecule has 3 aromatic rings. The minimum Gasteiger partial charge on any atom is -0.355 e. The summed E-state index contributed by atoms with van der Waals surface area (Å²) >= 11 is 6.27. The van der Waals surface area contributed by atoms with Crippen molar-refractivity contribution in [2.45, 2.75) is 20.4 Å². The number of likely N-dealkylation sites (N-methyl/N-ethyl adjacent to an activating group) is 2. The highest BCUT2D eigenvalue weighted by Crippen LogP contribution is 2.32. The molecule has 4 rings (SSSR count). The van der Waals surface area contributed by atoms with Gasteiger partial charge in [-0.05, 0) is 43.3 Å². The van der Waals surface area contributed by atoms with Gasteiger partial charge in [0.2, 0.25) is 11.9 Å². The molecular weight excluding hydrogens is 485 g/mol. The second-order valence-corrected chi connectivity index (χ2v) is 8.57. The first-order valence-electron chi connectivity index (χ1n) is 11.6. The highest BCUT2D eigenvalue weighted by Gasteiger charge is 2.25. The van der Waals surface area contributed by atoms with E-state index in [-0.39, 0.29) is 33.9 Å². The number of amides is 2. The lowest BCUT2D eigenvalue weighted by Crippen LogP contribution is -2.37. The van der Waals surface area contributed by atoms with Gasteiger partial charge >= 0.3 is 0 Å². The quantitative estimate of drug-likeness (QED) is 0.434. The van der Waals surface area contributed by atoms with E-state index < -0.39 is 11.7 Å². The molecule has 11 heteroatoms. The lowest BCUT2D eigenvalue weighted by Gasteiger charge is -2.22. The van der Waals surface area contributed by atoms with E-state index in [1.807, 2.05) is 32.0 Å². The first-order chi connectivity index (χ1) is 17.3. The van der Waals surface area contributed by atoms with Crippen LogP contribution >= 0.6 is 11.6 Å². The largest absolute Gasteiger partial charge is 0.355 e. The second kappa shape index (κ2) is 10.9. The number of nitrogens with zero attached hydrogens (tertiary/aromatic N) is 4. The van der Waals surface area contributed by atoms with Gasteiger partial charge in [-0.15, -0.1) is 0 Å². The Bertz CT molecular complexity index is 1300. The Balaban J connectivity index is 1.64. The normalized spacial score (nSPS) is 13.7. The van der Waals surface area contributed by atoms with Crippen LogP contribution in [0.2, 0.25) is 5.02 Å². The van der Waals surface area contributed by atoms with Gasteiger partial charge in [-0.25, -0.2) is 9.37 Å². The van der Waals surface area contributed by atoms with E-state index in [1.165, 1.54) is 31.4 Å². The Labute approximate surface area is 213 Å². The van der Waals surface area contributed by atoms with Gasteiger partial charge in [-0.2, -0.15) is 4.98 Å². The van der Waals surface area contributed by atoms with Crippen LogP contribution in [0.1, 0.15) is 29.8 Å². The Kier molecular flexibility index (Phi) is 7.66. The zero-order chi connectivity index (χ0) is 25.8. The van der Waals surface area contributed by atoms with Crippen molar-refractivity contribution in [1.29, 1.82) is 0 Å². The number of hydrogen-bond donors (Lipinski definition) is 3. The predicted molar refractivity (Wildman–Crippen MR) is 139 cm³/mol. The van der Waals surface area contributed by atoms with E-state index >= 15 is 0 Å². The van der Waals surface area contributed by atoms with Crippen LogP contribution in [0.25, 0.3) is 0 Å². The first-order valence-corrected chi connectivity index (χ1v) is 11.9. The number of fused-ring (bicyclic) bond motifs is 1. The molecule has 1 aliphatic rings. The molecule has 0 radical (unpaired) electrons. The molecule has 9 nitrogen and oxygen atoms in total. The van der Waals surface area contributed by atoms with E-state index in [0.717, 1.165) is 17.8 Å². The van der Waals surface area contributed by atoms with Gasteiger partial charge in [-0.3, -0.25) is 14.5 Å². The van der Waals surface area contributed by atoms with Crippen molar-refractivity contribution in [3.63, 3.8) is 0 Å². The van der Waals surface area contributed by atoms with Gasteiger partial charge in [0.25, 0.3) is 5.91 Å². The number of carbonyl (C=O) groups excluding carboxylic acids is 2. The minimum absolute atomic E-state index is 0.0429. The van der Waals surface area contributed by atoms with Gasteiger partial charge in [0.1, 0.15) is 10.8 Å². The summed E-state index contributed by atoms with van der Waals surface area (Å²) in [6.45, 7) is 6.35. The van der Waals surface area contributed by atoms with Crippen molar-refractivity contribution >= 4 is 52.2 Å². The Morgan fingerprint density at radius 3 is 2.67 bits per heavy atom. The number of rotatable bonds is 7. The van der Waals surface area contributed by atoms with Crippen LogP contribution in [0, 0.1) is 5.82 Å². The topological polar surface area (TPSA) is 102 Å². The van der Waals surface area contributed by atoms with Crippen LogP contribution in [0.15, 0.2) is 42.6 Å². The lowest BCUT2D eigenvalue weighted by molar-refractivity contribution is -0.119. The molecule has 0 spiro atoms. The number of hydrogen-bond acceptors (Lipinski definition) is 7. The van der Waals surface area contributed by atoms with Gasteiger partial charge in [0.05, 0.1) is 29.7 Å². The van der Waals surface area contributed by atoms with E-state index in [0.29, 0.717) is 25.3 Å². The number of anilines is 5. The monoisotopic (exact) mass is 511 g/mol. The Morgan fingerprint density at radius 2 is 1.94 bits per heavy atom. The zero-order valence-corrected chi connectivity index (χ0v) is 21.0. The number of carbonyl (C=O) groups is 2. The highest BCUT2D eigenvalue weighted by atomic mass is 35.5. The zero-order valence-electron chi connectivity index (χ0n) is 20.2. The van der Waals surface area contributed by atoms with Crippen molar-refractivity contribution < 1.29 is 14.0 Å². The summed E-state index contributed by atoms with van der Waals surface area (Å²) in [6, 6.07) is 9.94. The summed E-state index contributed by atoms with van der Waals surface area (Å²) in [6.07, 6.45) is 1.38. The van der Waals surface area contributed by atoms with E-state index in [2.05, 4.69) is 30.8 Å². The second-order valence-electron chi connectivity index (χ2n) is 8.17. The number of aromatic nitrogens is 2. The van der Waals surface area contributed by atoms with Crippen molar-refractivity contribution in [2.24, 2.45) is 0 Å². The third-order valence-electron chi connectivity index (χ3n) is 5.92. The molecule has 3 N–H and O–H groups in total. The van der Waals surface area contributed by atoms with Gasteiger partial charge in [-0.1, -0.05) is 30.7 Å². The van der Waals surface area contributed by atoms with E-state index in [4.69, 9.17) is 11.6 Å². The summed E-state index contributed by atoms with van der Waals surface area (Å²) in [5, 5.41) is 8.59. The molecule has 0 unspecified atom stereocenters. The van der Waals surface area contributed by atoms with Gasteiger partial charge < -0.3 is 20.9 Å². The molecule has 188 valence electrons. The molecule has 0 saturated carbocycles. The Hall–Kier alpha value is -3.76. The highest BCUT2D eigenvalue weighted by molar-refractivity contribution is 6.33. The number of benzene rings is 2. The molecule has 0 fully saturated rings. The third kappa shape index (κ3) is 5.24. The maximum absolute atomic E-state index is 14.6. The minimum atomic E-state index is -0.628. The summed E-state index contributed by atoms with van der Waals surface area (Å²) in [5.74, 6) is -0.707. The Morgan fingerprint density at radius 1 is 1.14 bits per heavy atom. The standard InChI is InChI=1S/C25H27ClFN7O2/c1-4-33-13-15-9-10-16(11-20(15)34(5-2)21(35)14-33)30-25-29-12-18(26)23(32-25)31-22-17(24(36)28-3)7-6-8-19(22)27/h6-12H,4-5,13-14H2,1-3H3,(H,28,36)(H2,29,30,31,32). The molecule has 2 aromatic carbocycles. The van der Waals surface area contributed by atoms with Crippen LogP contribution in [-0.4, -0.2) is 53.4 Å². The lowest BCUT2D eigenvalue weighted by atomic mass is 10.1. The molecule has 0 saturated heterocycles. The molecule has 1 aromatic heterocycles. The number of para-hydroxylation sites is 1. The smallest absolute Gasteiger partial charge is 0.253 e. The fraction of sp³-hybridized carbons (Fsp3) is 0.280. The van der Waals surface area contributed by atoms with E-state index in [1.54, 1.807) is 4.90 Å². The maximum Gasteiger partial charge on any atom is 0.253 e. The van der Waals surface area contributed by atoms with Crippen molar-refractivity contribution in [2.75, 3.05) is 42.2 Å². The molecule has 2 amide bonds. The predicted octanol–water partition coefficient (Wildman–Crippen LogP) is 4.30. The first kappa shape index (κ1) is 25.3. The average molecular weight is 512 g/mol. The molecule has 0 aliphatic carbocycles. The molecule has 0 bridgehead atoms. The van der Waals surface area contributed by atoms with Crippen molar-refractivity contribution in [3.8, 4) is 0 Å². The average Bonchev–Trinajstić information content (AvgIpc) is 3.01. The fourth-order valence-corrected chi connectivity index (χ4v) is 4.18. The number of halogens is 2. The van der Waals surface area contributed by atoms with Crippen molar-refractivity contribution in [1.82, 2.24) is 20.2 Å². The molecular formula is C25H27ClFN7O2. The van der Waals surface area contributed by atoms with Gasteiger partial charge in [0, 0.05) is 25.8 Å². The van der Waals surface area contributed by atoms with Crippen LogP contribution in [0.5, 0.6) is 0 Å².